The molecule has 0 aliphatic carbocycles. The summed E-state index contributed by atoms with van der Waals surface area (Å²) in [5, 5.41) is 19.7. The molecule has 5 N–H and O–H groups in total. The average Bonchev–Trinajstić information content (AvgIpc) is 2.89. The number of H-pyrrole nitrogens is 1. The van der Waals surface area contributed by atoms with Crippen LogP contribution in [0.15, 0.2) is 29.6 Å². The zero-order valence-electron chi connectivity index (χ0n) is 9.89. The Kier molecular flexibility index (Phi) is 3.85. The minimum absolute atomic E-state index is 0.0738. The standard InChI is InChI=1S/C11H9ClFN5O2/c12-7-3-1-2-5(8(7)13)11(19)16-10-6(4-15-17-10)9(14)18-20/h1-4,20H,(H2,14,18)(H2,15,16,17,19). The summed E-state index contributed by atoms with van der Waals surface area (Å²) in [4.78, 5) is 11.9. The minimum Gasteiger partial charge on any atom is -0.409 e. The maximum absolute atomic E-state index is 13.7. The van der Waals surface area contributed by atoms with Crippen molar-refractivity contribution < 1.29 is 14.4 Å². The van der Waals surface area contributed by atoms with E-state index in [4.69, 9.17) is 22.5 Å². The van der Waals surface area contributed by atoms with Crippen LogP contribution in [0.4, 0.5) is 10.2 Å². The average molecular weight is 298 g/mol. The molecular weight excluding hydrogens is 289 g/mol. The fourth-order valence-electron chi connectivity index (χ4n) is 1.49. The molecule has 0 fully saturated rings. The first-order valence-corrected chi connectivity index (χ1v) is 5.69. The Morgan fingerprint density at radius 3 is 2.95 bits per heavy atom. The molecule has 104 valence electrons. The van der Waals surface area contributed by atoms with Crippen molar-refractivity contribution in [3.63, 3.8) is 0 Å². The van der Waals surface area contributed by atoms with Crippen molar-refractivity contribution in [3.8, 4) is 0 Å². The predicted octanol–water partition coefficient (Wildman–Crippen LogP) is 1.55. The molecule has 0 aliphatic rings. The maximum Gasteiger partial charge on any atom is 0.259 e. The smallest absolute Gasteiger partial charge is 0.259 e. The molecule has 1 aromatic carbocycles. The van der Waals surface area contributed by atoms with Crippen molar-refractivity contribution in [1.82, 2.24) is 10.2 Å². The van der Waals surface area contributed by atoms with Gasteiger partial charge in [0.15, 0.2) is 11.7 Å². The summed E-state index contributed by atoms with van der Waals surface area (Å²) in [7, 11) is 0. The molecule has 1 heterocycles. The third-order valence-corrected chi connectivity index (χ3v) is 2.75. The number of halogens is 2. The maximum atomic E-state index is 13.7. The van der Waals surface area contributed by atoms with Crippen molar-refractivity contribution >= 4 is 29.2 Å². The third kappa shape index (κ3) is 2.54. The molecule has 0 bridgehead atoms. The Morgan fingerprint density at radius 1 is 1.50 bits per heavy atom. The largest absolute Gasteiger partial charge is 0.409 e. The number of amidine groups is 1. The van der Waals surface area contributed by atoms with Gasteiger partial charge in [0.2, 0.25) is 0 Å². The first-order valence-electron chi connectivity index (χ1n) is 5.31. The van der Waals surface area contributed by atoms with Crippen LogP contribution in [0.2, 0.25) is 5.02 Å². The third-order valence-electron chi connectivity index (χ3n) is 2.46. The number of carbonyl (C=O) groups excluding carboxylic acids is 1. The molecule has 0 unspecified atom stereocenters. The molecule has 1 aromatic heterocycles. The normalized spacial score (nSPS) is 11.4. The van der Waals surface area contributed by atoms with Crippen LogP contribution in [-0.4, -0.2) is 27.1 Å². The number of aromatic amines is 1. The van der Waals surface area contributed by atoms with Crippen LogP contribution in [-0.2, 0) is 0 Å². The number of anilines is 1. The molecule has 0 saturated heterocycles. The summed E-state index contributed by atoms with van der Waals surface area (Å²) in [6.07, 6.45) is 1.25. The summed E-state index contributed by atoms with van der Waals surface area (Å²) in [5.41, 5.74) is 5.33. The Morgan fingerprint density at radius 2 is 2.25 bits per heavy atom. The second kappa shape index (κ2) is 5.57. The molecule has 0 radical (unpaired) electrons. The highest BCUT2D eigenvalue weighted by atomic mass is 35.5. The first kappa shape index (κ1) is 13.8. The molecule has 9 heteroatoms. The number of nitrogens with zero attached hydrogens (tertiary/aromatic N) is 2. The molecule has 7 nitrogen and oxygen atoms in total. The number of carbonyl (C=O) groups is 1. The van der Waals surface area contributed by atoms with Gasteiger partial charge in [-0.15, -0.1) is 0 Å². The number of amides is 1. The van der Waals surface area contributed by atoms with E-state index >= 15 is 0 Å². The summed E-state index contributed by atoms with van der Waals surface area (Å²) in [5.74, 6) is -1.76. The molecule has 0 saturated carbocycles. The van der Waals surface area contributed by atoms with Gasteiger partial charge in [0, 0.05) is 0 Å². The van der Waals surface area contributed by atoms with Crippen LogP contribution in [0.1, 0.15) is 15.9 Å². The highest BCUT2D eigenvalue weighted by Crippen LogP contribution is 2.19. The van der Waals surface area contributed by atoms with Crippen molar-refractivity contribution in [2.24, 2.45) is 10.9 Å². The predicted molar refractivity (Wildman–Crippen MR) is 70.5 cm³/mol. The summed E-state index contributed by atoms with van der Waals surface area (Å²) in [6, 6.07) is 4.04. The lowest BCUT2D eigenvalue weighted by molar-refractivity contribution is 0.102. The van der Waals surface area contributed by atoms with E-state index in [1.807, 2.05) is 0 Å². The van der Waals surface area contributed by atoms with E-state index in [-0.39, 0.29) is 27.8 Å². The van der Waals surface area contributed by atoms with Crippen LogP contribution in [0.3, 0.4) is 0 Å². The SMILES string of the molecule is N/C(=N/O)c1cn[nH]c1NC(=O)c1cccc(Cl)c1F. The fourth-order valence-corrected chi connectivity index (χ4v) is 1.66. The van der Waals surface area contributed by atoms with E-state index in [1.165, 1.54) is 24.4 Å². The summed E-state index contributed by atoms with van der Waals surface area (Å²) < 4.78 is 13.7. The van der Waals surface area contributed by atoms with E-state index in [0.717, 1.165) is 0 Å². The van der Waals surface area contributed by atoms with Gasteiger partial charge in [-0.3, -0.25) is 9.89 Å². The Bertz CT molecular complexity index is 685. The van der Waals surface area contributed by atoms with E-state index in [9.17, 15) is 9.18 Å². The number of benzene rings is 1. The molecule has 1 amide bonds. The van der Waals surface area contributed by atoms with Gasteiger partial charge in [-0.1, -0.05) is 22.8 Å². The van der Waals surface area contributed by atoms with Crippen LogP contribution in [0, 0.1) is 5.82 Å². The van der Waals surface area contributed by atoms with E-state index < -0.39 is 11.7 Å². The topological polar surface area (TPSA) is 116 Å². The van der Waals surface area contributed by atoms with Gasteiger partial charge in [-0.25, -0.2) is 4.39 Å². The highest BCUT2D eigenvalue weighted by Gasteiger charge is 2.17. The molecule has 0 aliphatic heterocycles. The number of oxime groups is 1. The van der Waals surface area contributed by atoms with Crippen molar-refractivity contribution in [2.75, 3.05) is 5.32 Å². The summed E-state index contributed by atoms with van der Waals surface area (Å²) >= 11 is 5.60. The molecule has 2 rings (SSSR count). The van der Waals surface area contributed by atoms with Gasteiger partial charge in [0.05, 0.1) is 22.3 Å². The Labute approximate surface area is 117 Å². The molecule has 20 heavy (non-hydrogen) atoms. The van der Waals surface area contributed by atoms with Crippen LogP contribution in [0.25, 0.3) is 0 Å². The summed E-state index contributed by atoms with van der Waals surface area (Å²) in [6.45, 7) is 0. The highest BCUT2D eigenvalue weighted by molar-refractivity contribution is 6.31. The van der Waals surface area contributed by atoms with E-state index in [0.29, 0.717) is 0 Å². The van der Waals surface area contributed by atoms with Gasteiger partial charge < -0.3 is 16.3 Å². The molecular formula is C11H9ClFN5O2. The van der Waals surface area contributed by atoms with Gasteiger partial charge >= 0.3 is 0 Å². The second-order valence-electron chi connectivity index (χ2n) is 3.70. The van der Waals surface area contributed by atoms with Crippen molar-refractivity contribution in [1.29, 1.82) is 0 Å². The number of hydrogen-bond donors (Lipinski definition) is 4. The number of hydrogen-bond acceptors (Lipinski definition) is 4. The lowest BCUT2D eigenvalue weighted by Gasteiger charge is -2.06. The second-order valence-corrected chi connectivity index (χ2v) is 4.11. The van der Waals surface area contributed by atoms with Gasteiger partial charge in [-0.05, 0) is 12.1 Å². The molecule has 0 spiro atoms. The number of nitrogens with two attached hydrogens (primary N) is 1. The quantitative estimate of drug-likeness (QED) is 0.297. The first-order chi connectivity index (χ1) is 9.54. The minimum atomic E-state index is -0.837. The van der Waals surface area contributed by atoms with Crippen LogP contribution < -0.4 is 11.1 Å². The number of aromatic nitrogens is 2. The lowest BCUT2D eigenvalue weighted by atomic mass is 10.2. The monoisotopic (exact) mass is 297 g/mol. The van der Waals surface area contributed by atoms with Crippen LogP contribution >= 0.6 is 11.6 Å². The van der Waals surface area contributed by atoms with E-state index in [2.05, 4.69) is 20.7 Å². The fraction of sp³-hybridized carbons (Fsp3) is 0. The number of rotatable bonds is 3. The Balaban J connectivity index is 2.29. The Hall–Kier alpha value is -2.61. The molecule has 0 atom stereocenters. The molecule has 2 aromatic rings. The van der Waals surface area contributed by atoms with Gasteiger partial charge in [0.25, 0.3) is 5.91 Å². The van der Waals surface area contributed by atoms with Gasteiger partial charge in [-0.2, -0.15) is 5.10 Å². The van der Waals surface area contributed by atoms with Gasteiger partial charge in [0.1, 0.15) is 5.82 Å². The van der Waals surface area contributed by atoms with Crippen molar-refractivity contribution in [2.45, 2.75) is 0 Å². The lowest BCUT2D eigenvalue weighted by Crippen LogP contribution is -2.19. The van der Waals surface area contributed by atoms with E-state index in [1.54, 1.807) is 0 Å². The van der Waals surface area contributed by atoms with Crippen LogP contribution in [0.5, 0.6) is 0 Å². The number of nitrogens with one attached hydrogen (secondary N) is 2. The van der Waals surface area contributed by atoms with Crippen molar-refractivity contribution in [3.05, 3.63) is 46.4 Å². The zero-order chi connectivity index (χ0) is 14.7. The zero-order valence-corrected chi connectivity index (χ0v) is 10.6.